The van der Waals surface area contributed by atoms with Crippen molar-refractivity contribution in [3.8, 4) is 0 Å². The van der Waals surface area contributed by atoms with E-state index in [2.05, 4.69) is 10.5 Å². The van der Waals surface area contributed by atoms with E-state index in [9.17, 15) is 9.59 Å². The summed E-state index contributed by atoms with van der Waals surface area (Å²) in [6, 6.07) is 8.98. The number of carbonyl (C=O) groups is 2. The van der Waals surface area contributed by atoms with Gasteiger partial charge in [-0.05, 0) is 26.0 Å². The van der Waals surface area contributed by atoms with E-state index in [1.54, 1.807) is 19.1 Å². The van der Waals surface area contributed by atoms with Gasteiger partial charge in [-0.2, -0.15) is 0 Å². The second-order valence-electron chi connectivity index (χ2n) is 5.56. The van der Waals surface area contributed by atoms with Crippen LogP contribution in [0.15, 0.2) is 34.9 Å². The van der Waals surface area contributed by atoms with Crippen LogP contribution in [0.5, 0.6) is 0 Å². The Bertz CT molecular complexity index is 692. The number of aromatic nitrogens is 1. The molecule has 1 atom stereocenters. The van der Waals surface area contributed by atoms with Gasteiger partial charge in [0, 0.05) is 11.6 Å². The van der Waals surface area contributed by atoms with Crippen LogP contribution >= 0.6 is 0 Å². The summed E-state index contributed by atoms with van der Waals surface area (Å²) in [5.74, 6) is -0.553. The van der Waals surface area contributed by atoms with Crippen LogP contribution in [0.2, 0.25) is 0 Å². The monoisotopic (exact) mass is 316 g/mol. The quantitative estimate of drug-likeness (QED) is 0.856. The topological polar surface area (TPSA) is 81.4 Å². The molecule has 2 rings (SSSR count). The molecule has 1 N–H and O–H groups in total. The van der Waals surface area contributed by atoms with E-state index in [0.717, 1.165) is 0 Å². The third-order valence-corrected chi connectivity index (χ3v) is 3.31. The second-order valence-corrected chi connectivity index (χ2v) is 5.56. The molecule has 6 nitrogen and oxygen atoms in total. The third-order valence-electron chi connectivity index (χ3n) is 3.31. The van der Waals surface area contributed by atoms with Gasteiger partial charge in [-0.1, -0.05) is 37.2 Å². The average Bonchev–Trinajstić information content (AvgIpc) is 2.90. The highest BCUT2D eigenvalue weighted by Gasteiger charge is 2.27. The summed E-state index contributed by atoms with van der Waals surface area (Å²) in [5, 5.41) is 6.49. The number of ether oxygens (including phenoxy) is 1. The molecule has 1 heterocycles. The van der Waals surface area contributed by atoms with Crippen LogP contribution in [0, 0.1) is 6.92 Å². The molecule has 1 amide bonds. The zero-order valence-electron chi connectivity index (χ0n) is 13.6. The van der Waals surface area contributed by atoms with E-state index in [1.807, 2.05) is 32.0 Å². The number of nitrogens with zero attached hydrogens (tertiary/aromatic N) is 1. The fraction of sp³-hybridized carbons (Fsp3) is 0.353. The molecule has 0 fully saturated rings. The number of esters is 1. The van der Waals surface area contributed by atoms with Crippen molar-refractivity contribution in [3.05, 3.63) is 47.3 Å². The number of amides is 1. The van der Waals surface area contributed by atoms with Crippen molar-refractivity contribution in [1.82, 2.24) is 5.16 Å². The van der Waals surface area contributed by atoms with Crippen molar-refractivity contribution in [3.63, 3.8) is 0 Å². The van der Waals surface area contributed by atoms with Crippen LogP contribution in [-0.2, 0) is 9.53 Å². The minimum atomic E-state index is -0.933. The molecule has 0 saturated carbocycles. The molecule has 23 heavy (non-hydrogen) atoms. The number of benzene rings is 1. The van der Waals surface area contributed by atoms with Crippen LogP contribution in [0.3, 0.4) is 0 Å². The Balaban J connectivity index is 2.05. The van der Waals surface area contributed by atoms with E-state index in [-0.39, 0.29) is 5.92 Å². The van der Waals surface area contributed by atoms with Crippen LogP contribution in [0.4, 0.5) is 5.69 Å². The highest BCUT2D eigenvalue weighted by atomic mass is 16.5. The zero-order chi connectivity index (χ0) is 17.0. The normalized spacial score (nSPS) is 12.0. The van der Waals surface area contributed by atoms with Gasteiger partial charge in [0.05, 0.1) is 5.69 Å². The predicted molar refractivity (Wildman–Crippen MR) is 85.3 cm³/mol. The molecule has 6 heteroatoms. The molecule has 0 unspecified atom stereocenters. The summed E-state index contributed by atoms with van der Waals surface area (Å²) in [5.41, 5.74) is 1.39. The Kier molecular flexibility index (Phi) is 5.16. The Morgan fingerprint density at radius 2 is 1.83 bits per heavy atom. The summed E-state index contributed by atoms with van der Waals surface area (Å²) in [7, 11) is 0. The number of anilines is 1. The standard InChI is InChI=1S/C17H20N2O4/c1-10(2)15-14(11(3)19-23-15)17(21)22-12(4)16(20)18-13-8-6-5-7-9-13/h5-10,12H,1-4H3,(H,18,20)/t12-/m1/s1. The van der Waals surface area contributed by atoms with E-state index >= 15 is 0 Å². The highest BCUT2D eigenvalue weighted by molar-refractivity contribution is 5.98. The van der Waals surface area contributed by atoms with Gasteiger partial charge in [-0.3, -0.25) is 4.79 Å². The van der Waals surface area contributed by atoms with Gasteiger partial charge in [0.2, 0.25) is 0 Å². The maximum atomic E-state index is 12.3. The minimum absolute atomic E-state index is 0.00722. The molecule has 0 bridgehead atoms. The van der Waals surface area contributed by atoms with E-state index in [1.165, 1.54) is 6.92 Å². The summed E-state index contributed by atoms with van der Waals surface area (Å²) >= 11 is 0. The zero-order valence-corrected chi connectivity index (χ0v) is 13.6. The molecule has 1 aromatic heterocycles. The summed E-state index contributed by atoms with van der Waals surface area (Å²) in [4.78, 5) is 24.4. The fourth-order valence-corrected chi connectivity index (χ4v) is 2.07. The molecule has 0 radical (unpaired) electrons. The fourth-order valence-electron chi connectivity index (χ4n) is 2.07. The first-order valence-corrected chi connectivity index (χ1v) is 7.43. The lowest BCUT2D eigenvalue weighted by Crippen LogP contribution is -2.30. The van der Waals surface area contributed by atoms with Gasteiger partial charge in [-0.25, -0.2) is 4.79 Å². The van der Waals surface area contributed by atoms with Crippen LogP contribution < -0.4 is 5.32 Å². The Morgan fingerprint density at radius 1 is 1.17 bits per heavy atom. The lowest BCUT2D eigenvalue weighted by Gasteiger charge is -2.14. The van der Waals surface area contributed by atoms with E-state index in [4.69, 9.17) is 9.26 Å². The SMILES string of the molecule is Cc1noc(C(C)C)c1C(=O)O[C@H](C)C(=O)Nc1ccccc1. The van der Waals surface area contributed by atoms with E-state index in [0.29, 0.717) is 22.7 Å². The lowest BCUT2D eigenvalue weighted by molar-refractivity contribution is -0.123. The number of carbonyl (C=O) groups excluding carboxylic acids is 2. The lowest BCUT2D eigenvalue weighted by atomic mass is 10.1. The molecule has 1 aromatic carbocycles. The van der Waals surface area contributed by atoms with Gasteiger partial charge in [0.1, 0.15) is 5.56 Å². The maximum Gasteiger partial charge on any atom is 0.344 e. The molecular formula is C17H20N2O4. The Labute approximate surface area is 134 Å². The summed E-state index contributed by atoms with van der Waals surface area (Å²) in [6.07, 6.45) is -0.933. The predicted octanol–water partition coefficient (Wildman–Crippen LogP) is 3.29. The molecule has 0 saturated heterocycles. The highest BCUT2D eigenvalue weighted by Crippen LogP contribution is 2.23. The van der Waals surface area contributed by atoms with Crippen molar-refractivity contribution < 1.29 is 18.8 Å². The van der Waals surface area contributed by atoms with Gasteiger partial charge in [0.25, 0.3) is 5.91 Å². The largest absolute Gasteiger partial charge is 0.449 e. The van der Waals surface area contributed by atoms with Crippen molar-refractivity contribution in [2.24, 2.45) is 0 Å². The first-order chi connectivity index (χ1) is 10.9. The molecule has 2 aromatic rings. The smallest absolute Gasteiger partial charge is 0.344 e. The van der Waals surface area contributed by atoms with Crippen LogP contribution in [0.25, 0.3) is 0 Å². The molecule has 0 aliphatic rings. The number of nitrogens with one attached hydrogen (secondary N) is 1. The molecular weight excluding hydrogens is 296 g/mol. The summed E-state index contributed by atoms with van der Waals surface area (Å²) < 4.78 is 10.4. The number of para-hydroxylation sites is 1. The second kappa shape index (κ2) is 7.09. The molecule has 0 aliphatic heterocycles. The number of rotatable bonds is 5. The average molecular weight is 316 g/mol. The molecule has 0 aliphatic carbocycles. The van der Waals surface area contributed by atoms with Crippen molar-refractivity contribution in [2.45, 2.75) is 39.7 Å². The summed E-state index contributed by atoms with van der Waals surface area (Å²) in [6.45, 7) is 6.97. The number of hydrogen-bond donors (Lipinski definition) is 1. The van der Waals surface area contributed by atoms with Crippen LogP contribution in [0.1, 0.15) is 48.5 Å². The molecule has 0 spiro atoms. The van der Waals surface area contributed by atoms with Crippen LogP contribution in [-0.4, -0.2) is 23.1 Å². The van der Waals surface area contributed by atoms with E-state index < -0.39 is 18.0 Å². The number of hydrogen-bond acceptors (Lipinski definition) is 5. The number of aryl methyl sites for hydroxylation is 1. The third kappa shape index (κ3) is 3.97. The maximum absolute atomic E-state index is 12.3. The molecule has 122 valence electrons. The van der Waals surface area contributed by atoms with Gasteiger partial charge in [-0.15, -0.1) is 0 Å². The van der Waals surface area contributed by atoms with Gasteiger partial charge in [0.15, 0.2) is 11.9 Å². The van der Waals surface area contributed by atoms with Crippen molar-refractivity contribution in [1.29, 1.82) is 0 Å². The minimum Gasteiger partial charge on any atom is -0.449 e. The van der Waals surface area contributed by atoms with Crippen molar-refractivity contribution >= 4 is 17.6 Å². The first kappa shape index (κ1) is 16.7. The Morgan fingerprint density at radius 3 is 2.43 bits per heavy atom. The van der Waals surface area contributed by atoms with Crippen molar-refractivity contribution in [2.75, 3.05) is 5.32 Å². The van der Waals surface area contributed by atoms with Gasteiger partial charge >= 0.3 is 5.97 Å². The Hall–Kier alpha value is -2.63. The van der Waals surface area contributed by atoms with Gasteiger partial charge < -0.3 is 14.6 Å². The first-order valence-electron chi connectivity index (χ1n) is 7.43.